The minimum atomic E-state index is -0.123. The van der Waals surface area contributed by atoms with Crippen LogP contribution in [0.5, 0.6) is 0 Å². The SMILES string of the molecule is CCCCc1cc(=O)[nH]c(Nc2ccc(Br)c(C)c2)n1. The fourth-order valence-corrected chi connectivity index (χ4v) is 2.16. The molecule has 106 valence electrons. The van der Waals surface area contributed by atoms with Gasteiger partial charge in [0.15, 0.2) is 0 Å². The topological polar surface area (TPSA) is 57.8 Å². The molecule has 0 saturated heterocycles. The molecule has 0 atom stereocenters. The second-order valence-electron chi connectivity index (χ2n) is 4.78. The quantitative estimate of drug-likeness (QED) is 0.870. The highest BCUT2D eigenvalue weighted by Crippen LogP contribution is 2.21. The van der Waals surface area contributed by atoms with Crippen LogP contribution in [0, 0.1) is 6.92 Å². The fourth-order valence-electron chi connectivity index (χ4n) is 1.91. The Morgan fingerprint density at radius 1 is 1.35 bits per heavy atom. The summed E-state index contributed by atoms with van der Waals surface area (Å²) >= 11 is 3.47. The average Bonchev–Trinajstić information content (AvgIpc) is 2.40. The third-order valence-corrected chi connectivity index (χ3v) is 3.89. The molecule has 0 aliphatic carbocycles. The zero-order chi connectivity index (χ0) is 14.5. The number of halogens is 1. The molecule has 1 heterocycles. The van der Waals surface area contributed by atoms with Gasteiger partial charge >= 0.3 is 0 Å². The van der Waals surface area contributed by atoms with Crippen molar-refractivity contribution >= 4 is 27.6 Å². The van der Waals surface area contributed by atoms with Crippen molar-refractivity contribution in [2.75, 3.05) is 5.32 Å². The summed E-state index contributed by atoms with van der Waals surface area (Å²) in [6.07, 6.45) is 2.95. The summed E-state index contributed by atoms with van der Waals surface area (Å²) in [5, 5.41) is 3.14. The van der Waals surface area contributed by atoms with Gasteiger partial charge in [0.25, 0.3) is 5.56 Å². The van der Waals surface area contributed by atoms with Gasteiger partial charge in [0.05, 0.1) is 0 Å². The highest BCUT2D eigenvalue weighted by Gasteiger charge is 2.03. The first-order valence-corrected chi connectivity index (χ1v) is 7.51. The van der Waals surface area contributed by atoms with Crippen LogP contribution in [-0.2, 0) is 6.42 Å². The third kappa shape index (κ3) is 3.93. The number of nitrogens with one attached hydrogen (secondary N) is 2. The maximum atomic E-state index is 11.6. The number of unbranched alkanes of at least 4 members (excludes halogenated alkanes) is 1. The Kier molecular flexibility index (Phi) is 4.95. The van der Waals surface area contributed by atoms with Crippen LogP contribution < -0.4 is 10.9 Å². The minimum Gasteiger partial charge on any atom is -0.326 e. The van der Waals surface area contributed by atoms with E-state index in [4.69, 9.17) is 0 Å². The largest absolute Gasteiger partial charge is 0.326 e. The lowest BCUT2D eigenvalue weighted by molar-refractivity contribution is 0.772. The van der Waals surface area contributed by atoms with Crippen molar-refractivity contribution in [2.24, 2.45) is 0 Å². The van der Waals surface area contributed by atoms with Crippen molar-refractivity contribution in [1.82, 2.24) is 9.97 Å². The molecule has 0 unspecified atom stereocenters. The molecule has 1 aromatic carbocycles. The van der Waals surface area contributed by atoms with E-state index in [2.05, 4.69) is 38.1 Å². The molecule has 0 amide bonds. The van der Waals surface area contributed by atoms with Crippen LogP contribution in [0.1, 0.15) is 31.0 Å². The average molecular weight is 336 g/mol. The Morgan fingerprint density at radius 3 is 2.85 bits per heavy atom. The Balaban J connectivity index is 2.21. The molecule has 0 spiro atoms. The number of aromatic nitrogens is 2. The number of H-pyrrole nitrogens is 1. The minimum absolute atomic E-state index is 0.123. The van der Waals surface area contributed by atoms with Crippen molar-refractivity contribution in [3.8, 4) is 0 Å². The predicted molar refractivity (Wildman–Crippen MR) is 85.6 cm³/mol. The molecule has 5 heteroatoms. The van der Waals surface area contributed by atoms with E-state index >= 15 is 0 Å². The molecule has 1 aromatic heterocycles. The Labute approximate surface area is 126 Å². The number of anilines is 2. The van der Waals surface area contributed by atoms with E-state index in [1.54, 1.807) is 6.07 Å². The van der Waals surface area contributed by atoms with Crippen LogP contribution in [0.15, 0.2) is 33.5 Å². The van der Waals surface area contributed by atoms with Gasteiger partial charge in [0, 0.05) is 21.9 Å². The number of hydrogen-bond donors (Lipinski definition) is 2. The first-order valence-electron chi connectivity index (χ1n) is 6.72. The molecule has 2 rings (SSSR count). The molecule has 0 saturated carbocycles. The van der Waals surface area contributed by atoms with Gasteiger partial charge in [0.1, 0.15) is 0 Å². The Morgan fingerprint density at radius 2 is 2.15 bits per heavy atom. The summed E-state index contributed by atoms with van der Waals surface area (Å²) < 4.78 is 1.06. The number of aromatic amines is 1. The van der Waals surface area contributed by atoms with Crippen molar-refractivity contribution in [3.05, 3.63) is 50.3 Å². The van der Waals surface area contributed by atoms with Crippen molar-refractivity contribution in [3.63, 3.8) is 0 Å². The third-order valence-electron chi connectivity index (χ3n) is 3.00. The first kappa shape index (κ1) is 14.8. The lowest BCUT2D eigenvalue weighted by Gasteiger charge is -2.08. The number of rotatable bonds is 5. The molecule has 0 fully saturated rings. The van der Waals surface area contributed by atoms with E-state index in [-0.39, 0.29) is 5.56 Å². The van der Waals surface area contributed by atoms with Crippen molar-refractivity contribution in [1.29, 1.82) is 0 Å². The second-order valence-corrected chi connectivity index (χ2v) is 5.63. The summed E-state index contributed by atoms with van der Waals surface area (Å²) in [6, 6.07) is 7.48. The van der Waals surface area contributed by atoms with E-state index in [0.29, 0.717) is 5.95 Å². The zero-order valence-corrected chi connectivity index (χ0v) is 13.3. The maximum absolute atomic E-state index is 11.6. The van der Waals surface area contributed by atoms with Gasteiger partial charge in [-0.05, 0) is 43.5 Å². The Hall–Kier alpha value is -1.62. The van der Waals surface area contributed by atoms with Crippen LogP contribution >= 0.6 is 15.9 Å². The maximum Gasteiger partial charge on any atom is 0.252 e. The standard InChI is InChI=1S/C15H18BrN3O/c1-3-4-5-11-9-14(20)19-15(17-11)18-12-6-7-13(16)10(2)8-12/h6-9H,3-5H2,1-2H3,(H2,17,18,19,20). The molecular weight excluding hydrogens is 318 g/mol. The normalized spacial score (nSPS) is 10.6. The van der Waals surface area contributed by atoms with Gasteiger partial charge < -0.3 is 5.32 Å². The molecule has 0 aliphatic rings. The van der Waals surface area contributed by atoms with Crippen molar-refractivity contribution < 1.29 is 0 Å². The number of hydrogen-bond acceptors (Lipinski definition) is 3. The van der Waals surface area contributed by atoms with Gasteiger partial charge in [-0.1, -0.05) is 29.3 Å². The molecular formula is C15H18BrN3O. The van der Waals surface area contributed by atoms with Crippen LogP contribution in [0.3, 0.4) is 0 Å². The Bertz CT molecular complexity index is 652. The van der Waals surface area contributed by atoms with Crippen LogP contribution in [0.2, 0.25) is 0 Å². The molecule has 2 N–H and O–H groups in total. The van der Waals surface area contributed by atoms with E-state index in [9.17, 15) is 4.79 Å². The van der Waals surface area contributed by atoms with Gasteiger partial charge in [-0.3, -0.25) is 9.78 Å². The number of aryl methyl sites for hydroxylation is 2. The van der Waals surface area contributed by atoms with E-state index in [1.165, 1.54) is 0 Å². The summed E-state index contributed by atoms with van der Waals surface area (Å²) in [4.78, 5) is 18.8. The lowest BCUT2D eigenvalue weighted by Crippen LogP contribution is -2.12. The second kappa shape index (κ2) is 6.70. The van der Waals surface area contributed by atoms with E-state index < -0.39 is 0 Å². The monoisotopic (exact) mass is 335 g/mol. The van der Waals surface area contributed by atoms with Gasteiger partial charge in [-0.2, -0.15) is 0 Å². The first-order chi connectivity index (χ1) is 9.58. The van der Waals surface area contributed by atoms with E-state index in [0.717, 1.165) is 40.7 Å². The lowest BCUT2D eigenvalue weighted by atomic mass is 10.2. The van der Waals surface area contributed by atoms with Gasteiger partial charge in [-0.25, -0.2) is 4.98 Å². The summed E-state index contributed by atoms with van der Waals surface area (Å²) in [5.74, 6) is 0.491. The summed E-state index contributed by atoms with van der Waals surface area (Å²) in [7, 11) is 0. The highest BCUT2D eigenvalue weighted by atomic mass is 79.9. The van der Waals surface area contributed by atoms with Crippen LogP contribution in [0.25, 0.3) is 0 Å². The smallest absolute Gasteiger partial charge is 0.252 e. The molecule has 2 aromatic rings. The molecule has 4 nitrogen and oxygen atoms in total. The molecule has 0 bridgehead atoms. The van der Waals surface area contributed by atoms with Gasteiger partial charge in [0.2, 0.25) is 5.95 Å². The number of benzene rings is 1. The fraction of sp³-hybridized carbons (Fsp3) is 0.333. The number of nitrogens with zero attached hydrogens (tertiary/aromatic N) is 1. The summed E-state index contributed by atoms with van der Waals surface area (Å²) in [6.45, 7) is 4.14. The zero-order valence-electron chi connectivity index (χ0n) is 11.7. The summed E-state index contributed by atoms with van der Waals surface area (Å²) in [5.41, 5.74) is 2.73. The molecule has 0 aliphatic heterocycles. The van der Waals surface area contributed by atoms with E-state index in [1.807, 2.05) is 25.1 Å². The molecule has 0 radical (unpaired) electrons. The molecule has 20 heavy (non-hydrogen) atoms. The highest BCUT2D eigenvalue weighted by molar-refractivity contribution is 9.10. The van der Waals surface area contributed by atoms with Crippen LogP contribution in [-0.4, -0.2) is 9.97 Å². The van der Waals surface area contributed by atoms with Gasteiger partial charge in [-0.15, -0.1) is 0 Å². The van der Waals surface area contributed by atoms with Crippen LogP contribution in [0.4, 0.5) is 11.6 Å². The predicted octanol–water partition coefficient (Wildman–Crippen LogP) is 3.93. The van der Waals surface area contributed by atoms with Crippen molar-refractivity contribution in [2.45, 2.75) is 33.1 Å².